The van der Waals surface area contributed by atoms with Gasteiger partial charge in [0.25, 0.3) is 16.0 Å². The van der Waals surface area contributed by atoms with Gasteiger partial charge in [-0.1, -0.05) is 6.07 Å². The average Bonchev–Trinajstić information content (AvgIpc) is 2.67. The maximum atomic E-state index is 11.1. The molecule has 6 nitrogen and oxygen atoms in total. The summed E-state index contributed by atoms with van der Waals surface area (Å²) in [4.78, 5) is 19.2. The lowest BCUT2D eigenvalue weighted by molar-refractivity contribution is -0.112. The van der Waals surface area contributed by atoms with E-state index in [0.717, 1.165) is 21.5 Å². The van der Waals surface area contributed by atoms with Gasteiger partial charge >= 0.3 is 0 Å². The maximum Gasteiger partial charge on any atom is 0.270 e. The molecule has 2 heterocycles. The van der Waals surface area contributed by atoms with Crippen LogP contribution in [0.15, 0.2) is 35.5 Å². The van der Waals surface area contributed by atoms with Crippen molar-refractivity contribution in [2.45, 2.75) is 0 Å². The van der Waals surface area contributed by atoms with Crippen LogP contribution in [-0.2, 0) is 14.9 Å². The van der Waals surface area contributed by atoms with E-state index >= 15 is 0 Å². The van der Waals surface area contributed by atoms with Crippen LogP contribution in [0.25, 0.3) is 17.0 Å². The third-order valence-electron chi connectivity index (χ3n) is 2.29. The molecule has 0 spiro atoms. The fourth-order valence-corrected chi connectivity index (χ4v) is 1.67. The van der Waals surface area contributed by atoms with Crippen molar-refractivity contribution >= 4 is 33.0 Å². The molecule has 7 heteroatoms. The van der Waals surface area contributed by atoms with Crippen LogP contribution in [0.4, 0.5) is 0 Å². The molecule has 1 aliphatic heterocycles. The van der Waals surface area contributed by atoms with Gasteiger partial charge in [-0.15, -0.1) is 0 Å². The molecule has 0 bridgehead atoms. The summed E-state index contributed by atoms with van der Waals surface area (Å²) in [5.74, 6) is -0.184. The van der Waals surface area contributed by atoms with Gasteiger partial charge in [0.2, 0.25) is 0 Å². The first-order valence-corrected chi connectivity index (χ1v) is 7.10. The van der Waals surface area contributed by atoms with Crippen molar-refractivity contribution in [2.24, 2.45) is 4.99 Å². The Balaban J connectivity index is 0.000000232. The summed E-state index contributed by atoms with van der Waals surface area (Å²) in [6, 6.07) is 7.55. The highest BCUT2D eigenvalue weighted by molar-refractivity contribution is 7.85. The minimum atomic E-state index is -3.67. The number of carbonyl (C=O) groups excluding carboxylic acids is 1. The molecule has 3 rings (SSSR count). The molecular formula is C12H10N2O4S. The first kappa shape index (κ1) is 13.3. The second kappa shape index (κ2) is 4.87. The first-order chi connectivity index (χ1) is 8.84. The van der Waals surface area contributed by atoms with Gasteiger partial charge in [0.05, 0.1) is 17.1 Å². The maximum absolute atomic E-state index is 11.1. The van der Waals surface area contributed by atoms with E-state index < -0.39 is 10.1 Å². The van der Waals surface area contributed by atoms with Gasteiger partial charge in [0.1, 0.15) is 0 Å². The molecule has 0 saturated carbocycles. The number of nitrogens with zero attached hydrogens (tertiary/aromatic N) is 2. The molecular weight excluding hydrogens is 268 g/mol. The van der Waals surface area contributed by atoms with E-state index in [2.05, 4.69) is 9.98 Å². The Morgan fingerprint density at radius 2 is 1.89 bits per heavy atom. The summed E-state index contributed by atoms with van der Waals surface area (Å²) >= 11 is 0. The summed E-state index contributed by atoms with van der Waals surface area (Å²) in [5, 5.41) is 2.57. The number of carbonyl (C=O) groups is 1. The topological polar surface area (TPSA) is 96.7 Å². The van der Waals surface area contributed by atoms with E-state index in [1.165, 1.54) is 0 Å². The highest BCUT2D eigenvalue weighted by Crippen LogP contribution is 2.03. The second-order valence-electron chi connectivity index (χ2n) is 3.90. The Labute approximate surface area is 108 Å². The monoisotopic (exact) mass is 278 g/mol. The second-order valence-corrected chi connectivity index (χ2v) is 5.37. The Morgan fingerprint density at radius 3 is 2.58 bits per heavy atom. The number of pyridine rings is 1. The van der Waals surface area contributed by atoms with E-state index in [1.54, 1.807) is 12.3 Å². The van der Waals surface area contributed by atoms with Crippen LogP contribution in [0, 0.1) is 0 Å². The lowest BCUT2D eigenvalue weighted by Crippen LogP contribution is -2.21. The van der Waals surface area contributed by atoms with Gasteiger partial charge in [-0.2, -0.15) is 8.42 Å². The Hall–Kier alpha value is -2.12. The van der Waals surface area contributed by atoms with E-state index in [1.807, 2.05) is 24.3 Å². The zero-order valence-corrected chi connectivity index (χ0v) is 10.8. The van der Waals surface area contributed by atoms with Crippen molar-refractivity contribution in [1.29, 1.82) is 0 Å². The van der Waals surface area contributed by atoms with Gasteiger partial charge < -0.3 is 0 Å². The van der Waals surface area contributed by atoms with Crippen LogP contribution in [0.3, 0.4) is 0 Å². The van der Waals surface area contributed by atoms with Crippen LogP contribution in [0.1, 0.15) is 0 Å². The molecule has 0 aliphatic carbocycles. The lowest BCUT2D eigenvalue weighted by atomic mass is 10.2. The van der Waals surface area contributed by atoms with E-state index in [4.69, 9.17) is 4.55 Å². The molecule has 1 N–H and O–H groups in total. The van der Waals surface area contributed by atoms with Crippen LogP contribution in [-0.4, -0.2) is 30.1 Å². The molecule has 0 unspecified atom stereocenters. The predicted molar refractivity (Wildman–Crippen MR) is 69.5 cm³/mol. The van der Waals surface area contributed by atoms with E-state index in [9.17, 15) is 13.2 Å². The minimum Gasteiger partial charge on any atom is -0.286 e. The Kier molecular flexibility index (Phi) is 3.41. The molecule has 0 saturated heterocycles. The number of rotatable bonds is 0. The molecule has 0 radical (unpaired) electrons. The Bertz CT molecular complexity index is 864. The van der Waals surface area contributed by atoms with Crippen molar-refractivity contribution in [3.05, 3.63) is 41.0 Å². The summed E-state index contributed by atoms with van der Waals surface area (Å²) in [7, 11) is -3.67. The highest BCUT2D eigenvalue weighted by Gasteiger charge is 2.06. The van der Waals surface area contributed by atoms with Crippen LogP contribution in [0.2, 0.25) is 0 Å². The summed E-state index contributed by atoms with van der Waals surface area (Å²) in [6.07, 6.45) is 3.99. The molecule has 1 aliphatic rings. The van der Waals surface area contributed by atoms with E-state index in [0.29, 0.717) is 6.26 Å². The van der Waals surface area contributed by atoms with Crippen LogP contribution in [0.5, 0.6) is 0 Å². The van der Waals surface area contributed by atoms with Gasteiger partial charge in [-0.3, -0.25) is 14.3 Å². The van der Waals surface area contributed by atoms with Crippen molar-refractivity contribution < 1.29 is 17.8 Å². The van der Waals surface area contributed by atoms with Crippen molar-refractivity contribution in [2.75, 3.05) is 6.26 Å². The number of benzene rings is 1. The molecule has 98 valence electrons. The average molecular weight is 278 g/mol. The number of aromatic nitrogens is 1. The van der Waals surface area contributed by atoms with Crippen LogP contribution < -0.4 is 10.6 Å². The molecule has 1 aromatic carbocycles. The standard InChI is InChI=1S/C11H6N2O.CH4O3S/c14-10-6-7-3-4-9-8(11(7)13-10)2-1-5-12-9;1-5(2,3)4/h1-6H;1H3,(H,2,3,4). The molecule has 1 amide bonds. The Morgan fingerprint density at radius 1 is 1.21 bits per heavy atom. The fraction of sp³-hybridized carbons (Fsp3) is 0.0833. The fourth-order valence-electron chi connectivity index (χ4n) is 1.67. The highest BCUT2D eigenvalue weighted by atomic mass is 32.2. The van der Waals surface area contributed by atoms with Gasteiger partial charge in [-0.25, -0.2) is 4.99 Å². The van der Waals surface area contributed by atoms with Crippen molar-refractivity contribution in [3.8, 4) is 0 Å². The molecule has 0 fully saturated rings. The van der Waals surface area contributed by atoms with E-state index in [-0.39, 0.29) is 5.91 Å². The predicted octanol–water partition coefficient (Wildman–Crippen LogP) is -0.321. The summed E-state index contributed by atoms with van der Waals surface area (Å²) in [6.45, 7) is 0. The zero-order chi connectivity index (χ0) is 14.0. The smallest absolute Gasteiger partial charge is 0.270 e. The summed E-state index contributed by atoms with van der Waals surface area (Å²) in [5.41, 5.74) is 0.873. The van der Waals surface area contributed by atoms with Gasteiger partial charge in [0, 0.05) is 22.9 Å². The largest absolute Gasteiger partial charge is 0.286 e. The first-order valence-electron chi connectivity index (χ1n) is 5.25. The third-order valence-corrected chi connectivity index (χ3v) is 2.29. The van der Waals surface area contributed by atoms with Gasteiger partial charge in [-0.05, 0) is 18.2 Å². The number of amides is 1. The third kappa shape index (κ3) is 3.43. The molecule has 19 heavy (non-hydrogen) atoms. The minimum absolute atomic E-state index is 0.184. The summed E-state index contributed by atoms with van der Waals surface area (Å²) < 4.78 is 25.9. The molecule has 2 aromatic rings. The molecule has 1 aromatic heterocycles. The van der Waals surface area contributed by atoms with Crippen molar-refractivity contribution in [3.63, 3.8) is 0 Å². The number of fused-ring (bicyclic) bond motifs is 3. The van der Waals surface area contributed by atoms with Crippen molar-refractivity contribution in [1.82, 2.24) is 4.98 Å². The normalized spacial score (nSPS) is 13.1. The lowest BCUT2D eigenvalue weighted by Gasteiger charge is -1.93. The number of hydrogen-bond donors (Lipinski definition) is 1. The van der Waals surface area contributed by atoms with Crippen LogP contribution >= 0.6 is 0 Å². The quantitative estimate of drug-likeness (QED) is 0.666. The SMILES string of the molecule is CS(=O)(=O)O.O=C1C=c2ccc3ncccc3c2=N1. The molecule has 0 atom stereocenters. The van der Waals surface area contributed by atoms with Gasteiger partial charge in [0.15, 0.2) is 0 Å². The zero-order valence-electron chi connectivity index (χ0n) is 9.94. The number of hydrogen-bond acceptors (Lipinski definition) is 4.